The molecule has 11 aromatic rings. The number of hydrogen-bond acceptors (Lipinski definition) is 5. The van der Waals surface area contributed by atoms with Gasteiger partial charge in [-0.05, 0) is 57.6 Å². The van der Waals surface area contributed by atoms with Crippen molar-refractivity contribution in [1.82, 2.24) is 15.0 Å². The molecule has 11 rings (SSSR count). The molecule has 8 aromatic carbocycles. The normalized spacial score (nSPS) is 11.6. The third kappa shape index (κ3) is 5.48. The summed E-state index contributed by atoms with van der Waals surface area (Å²) in [7, 11) is 0. The Bertz CT molecular complexity index is 3240. The summed E-state index contributed by atoms with van der Waals surface area (Å²) in [6.45, 7) is 0. The monoisotopic (exact) mass is 733 g/mol. The number of benzene rings is 8. The Kier molecular flexibility index (Phi) is 7.64. The molecular weight excluding hydrogens is 703 g/mol. The lowest BCUT2D eigenvalue weighted by Gasteiger charge is -2.11. The molecule has 0 saturated heterocycles. The minimum Gasteiger partial charge on any atom is -0.456 e. The smallest absolute Gasteiger partial charge is 0.164 e. The zero-order valence-electron chi connectivity index (χ0n) is 30.1. The van der Waals surface area contributed by atoms with Crippen molar-refractivity contribution in [2.45, 2.75) is 0 Å². The van der Waals surface area contributed by atoms with E-state index < -0.39 is 0 Å². The number of rotatable bonds is 6. The van der Waals surface area contributed by atoms with Gasteiger partial charge in [0, 0.05) is 47.6 Å². The van der Waals surface area contributed by atoms with Crippen LogP contribution in [0.25, 0.3) is 110 Å². The Morgan fingerprint density at radius 3 is 1.57 bits per heavy atom. The van der Waals surface area contributed by atoms with Crippen LogP contribution in [0.3, 0.4) is 0 Å². The number of thiophene rings is 1. The Hall–Kier alpha value is -7.21. The number of fused-ring (bicyclic) bond motifs is 6. The molecule has 0 unspecified atom stereocenters. The molecule has 0 aliphatic heterocycles. The summed E-state index contributed by atoms with van der Waals surface area (Å²) in [5.74, 6) is 1.82. The van der Waals surface area contributed by atoms with Crippen molar-refractivity contribution >= 4 is 53.4 Å². The first-order chi connectivity index (χ1) is 27.7. The summed E-state index contributed by atoms with van der Waals surface area (Å²) >= 11 is 1.86. The molecule has 0 aliphatic rings. The second-order valence-corrected chi connectivity index (χ2v) is 15.0. The predicted molar refractivity (Wildman–Crippen MR) is 233 cm³/mol. The Morgan fingerprint density at radius 2 is 0.857 bits per heavy atom. The molecular formula is C51H31N3OS. The van der Waals surface area contributed by atoms with E-state index in [-0.39, 0.29) is 0 Å². The summed E-state index contributed by atoms with van der Waals surface area (Å²) in [5.41, 5.74) is 11.4. The lowest BCUT2D eigenvalue weighted by Crippen LogP contribution is -2.00. The zero-order chi connectivity index (χ0) is 37.0. The molecule has 3 heterocycles. The van der Waals surface area contributed by atoms with Crippen molar-refractivity contribution in [3.63, 3.8) is 0 Å². The molecule has 0 aliphatic carbocycles. The maximum Gasteiger partial charge on any atom is 0.164 e. The van der Waals surface area contributed by atoms with Gasteiger partial charge in [0.2, 0.25) is 0 Å². The van der Waals surface area contributed by atoms with Crippen molar-refractivity contribution in [2.75, 3.05) is 0 Å². The number of aromatic nitrogens is 3. The quantitative estimate of drug-likeness (QED) is 0.171. The minimum absolute atomic E-state index is 0.595. The van der Waals surface area contributed by atoms with Crippen molar-refractivity contribution < 1.29 is 4.42 Å². The molecule has 0 spiro atoms. The molecule has 0 radical (unpaired) electrons. The second kappa shape index (κ2) is 13.3. The van der Waals surface area contributed by atoms with Crippen LogP contribution in [0.2, 0.25) is 0 Å². The van der Waals surface area contributed by atoms with Crippen LogP contribution in [0.5, 0.6) is 0 Å². The Balaban J connectivity index is 1.08. The third-order valence-electron chi connectivity index (χ3n) is 10.6. The molecule has 0 N–H and O–H groups in total. The van der Waals surface area contributed by atoms with Crippen LogP contribution in [0.15, 0.2) is 192 Å². The maximum atomic E-state index is 6.42. The predicted octanol–water partition coefficient (Wildman–Crippen LogP) is 14.1. The molecule has 5 heteroatoms. The fourth-order valence-electron chi connectivity index (χ4n) is 7.88. The van der Waals surface area contributed by atoms with Gasteiger partial charge in [0.1, 0.15) is 11.2 Å². The van der Waals surface area contributed by atoms with Gasteiger partial charge in [0.25, 0.3) is 0 Å². The van der Waals surface area contributed by atoms with Crippen LogP contribution in [0.1, 0.15) is 0 Å². The first-order valence-corrected chi connectivity index (χ1v) is 19.5. The van der Waals surface area contributed by atoms with E-state index in [1.54, 1.807) is 0 Å². The van der Waals surface area contributed by atoms with E-state index in [0.717, 1.165) is 55.3 Å². The van der Waals surface area contributed by atoms with E-state index in [2.05, 4.69) is 140 Å². The van der Waals surface area contributed by atoms with Crippen LogP contribution < -0.4 is 0 Å². The topological polar surface area (TPSA) is 51.8 Å². The second-order valence-electron chi connectivity index (χ2n) is 13.9. The molecule has 3 aromatic heterocycles. The highest BCUT2D eigenvalue weighted by atomic mass is 32.1. The highest BCUT2D eigenvalue weighted by Crippen LogP contribution is 2.44. The van der Waals surface area contributed by atoms with Crippen molar-refractivity contribution in [2.24, 2.45) is 0 Å². The summed E-state index contributed by atoms with van der Waals surface area (Å²) in [6.07, 6.45) is 0. The van der Waals surface area contributed by atoms with Crippen LogP contribution in [-0.2, 0) is 0 Å². The van der Waals surface area contributed by atoms with Crippen LogP contribution in [-0.4, -0.2) is 15.0 Å². The average Bonchev–Trinajstić information content (AvgIpc) is 3.86. The fourth-order valence-corrected chi connectivity index (χ4v) is 9.26. The maximum absolute atomic E-state index is 6.42. The number of nitrogens with zero attached hydrogens (tertiary/aromatic N) is 3. The minimum atomic E-state index is 0.595. The summed E-state index contributed by atoms with van der Waals surface area (Å²) in [6, 6.07) is 65.6. The van der Waals surface area contributed by atoms with Crippen LogP contribution >= 0.6 is 11.3 Å². The van der Waals surface area contributed by atoms with Gasteiger partial charge >= 0.3 is 0 Å². The molecule has 56 heavy (non-hydrogen) atoms. The summed E-state index contributed by atoms with van der Waals surface area (Å²) in [4.78, 5) is 15.5. The number of furan rings is 1. The van der Waals surface area contributed by atoms with Crippen molar-refractivity contribution in [1.29, 1.82) is 0 Å². The van der Waals surface area contributed by atoms with Gasteiger partial charge < -0.3 is 4.42 Å². The van der Waals surface area contributed by atoms with Gasteiger partial charge in [-0.3, -0.25) is 0 Å². The largest absolute Gasteiger partial charge is 0.456 e. The van der Waals surface area contributed by atoms with E-state index >= 15 is 0 Å². The SMILES string of the molecule is c1ccc(-c2ccc3oc4cccc(-c5nc(-c6ccccc6)nc(-c6cccc(-c7cccc8c7sc7c(-c9ccccc9)cccc78)c6)n5)c4c3c2)cc1. The van der Waals surface area contributed by atoms with Gasteiger partial charge in [-0.15, -0.1) is 11.3 Å². The summed E-state index contributed by atoms with van der Waals surface area (Å²) < 4.78 is 8.98. The molecule has 0 amide bonds. The van der Waals surface area contributed by atoms with Gasteiger partial charge in [-0.1, -0.05) is 164 Å². The van der Waals surface area contributed by atoms with Gasteiger partial charge in [-0.2, -0.15) is 0 Å². The standard InChI is InChI=1S/C51H31N3OS/c1-4-14-32(15-5-1)35-28-29-44-43(31-35)46-42(26-13-27-45(46)55-44)51-53-49(34-18-8-3-9-19-34)52-50(54-51)37-21-10-20-36(30-37)39-23-12-25-41-40-24-11-22-38(47(40)56-48(39)41)33-16-6-2-7-17-33/h1-31H. The van der Waals surface area contributed by atoms with Crippen molar-refractivity contribution in [3.05, 3.63) is 188 Å². The van der Waals surface area contributed by atoms with Crippen molar-refractivity contribution in [3.8, 4) is 67.5 Å². The highest BCUT2D eigenvalue weighted by Gasteiger charge is 2.19. The molecule has 4 nitrogen and oxygen atoms in total. The lowest BCUT2D eigenvalue weighted by molar-refractivity contribution is 0.669. The molecule has 0 atom stereocenters. The summed E-state index contributed by atoms with van der Waals surface area (Å²) in [5, 5.41) is 4.54. The first-order valence-electron chi connectivity index (χ1n) is 18.7. The molecule has 0 saturated carbocycles. The van der Waals surface area contributed by atoms with E-state index in [1.807, 2.05) is 59.9 Å². The number of hydrogen-bond donors (Lipinski definition) is 0. The Labute approximate surface area is 327 Å². The van der Waals surface area contributed by atoms with Gasteiger partial charge in [0.05, 0.1) is 0 Å². The lowest BCUT2D eigenvalue weighted by atomic mass is 9.99. The van der Waals surface area contributed by atoms with Crippen LogP contribution in [0.4, 0.5) is 0 Å². The Morgan fingerprint density at radius 1 is 0.321 bits per heavy atom. The third-order valence-corrected chi connectivity index (χ3v) is 11.8. The van der Waals surface area contributed by atoms with E-state index in [4.69, 9.17) is 19.4 Å². The highest BCUT2D eigenvalue weighted by molar-refractivity contribution is 7.26. The zero-order valence-corrected chi connectivity index (χ0v) is 30.9. The molecule has 0 bridgehead atoms. The fraction of sp³-hybridized carbons (Fsp3) is 0. The molecule has 0 fully saturated rings. The average molecular weight is 734 g/mol. The first kappa shape index (κ1) is 32.2. The van der Waals surface area contributed by atoms with E-state index in [9.17, 15) is 0 Å². The van der Waals surface area contributed by atoms with E-state index in [0.29, 0.717) is 17.5 Å². The van der Waals surface area contributed by atoms with Gasteiger partial charge in [-0.25, -0.2) is 15.0 Å². The van der Waals surface area contributed by atoms with Gasteiger partial charge in [0.15, 0.2) is 17.5 Å². The van der Waals surface area contributed by atoms with E-state index in [1.165, 1.54) is 36.9 Å². The van der Waals surface area contributed by atoms with Crippen LogP contribution in [0, 0.1) is 0 Å². The molecule has 262 valence electrons.